The predicted molar refractivity (Wildman–Crippen MR) is 132 cm³/mol. The van der Waals surface area contributed by atoms with Gasteiger partial charge < -0.3 is 5.32 Å². The van der Waals surface area contributed by atoms with Gasteiger partial charge in [0.15, 0.2) is 5.78 Å². The monoisotopic (exact) mass is 462 g/mol. The number of rotatable bonds is 5. The lowest BCUT2D eigenvalue weighted by atomic mass is 10.0. The summed E-state index contributed by atoms with van der Waals surface area (Å²) in [7, 11) is 0. The third-order valence-electron chi connectivity index (χ3n) is 5.53. The first kappa shape index (κ1) is 22.0. The van der Waals surface area contributed by atoms with Crippen molar-refractivity contribution >= 4 is 28.4 Å². The number of carbonyl (C=O) groups excluding carboxylic acids is 2. The summed E-state index contributed by atoms with van der Waals surface area (Å²) >= 11 is 0. The van der Waals surface area contributed by atoms with E-state index in [1.807, 2.05) is 19.1 Å². The van der Waals surface area contributed by atoms with Gasteiger partial charge in [-0.1, -0.05) is 12.1 Å². The molecule has 3 aromatic carbocycles. The summed E-state index contributed by atoms with van der Waals surface area (Å²) in [6.45, 7) is 1.91. The highest BCUT2D eigenvalue weighted by Crippen LogP contribution is 2.21. The van der Waals surface area contributed by atoms with Gasteiger partial charge in [0.25, 0.3) is 5.91 Å². The largest absolute Gasteiger partial charge is 0.322 e. The maximum atomic E-state index is 13.8. The molecule has 5 rings (SSSR count). The maximum Gasteiger partial charge on any atom is 0.258 e. The summed E-state index contributed by atoms with van der Waals surface area (Å²) in [5.74, 6) is -1.35. The first-order valence-corrected chi connectivity index (χ1v) is 10.9. The van der Waals surface area contributed by atoms with Crippen LogP contribution in [-0.4, -0.2) is 26.6 Å². The molecule has 5 aromatic rings. The van der Waals surface area contributed by atoms with E-state index in [9.17, 15) is 14.0 Å². The van der Waals surface area contributed by atoms with Crippen LogP contribution in [-0.2, 0) is 0 Å². The number of nitrogens with one attached hydrogen (secondary N) is 1. The van der Waals surface area contributed by atoms with Gasteiger partial charge in [-0.3, -0.25) is 19.6 Å². The van der Waals surface area contributed by atoms with Gasteiger partial charge in [-0.2, -0.15) is 0 Å². The van der Waals surface area contributed by atoms with E-state index in [-0.39, 0.29) is 11.3 Å². The highest BCUT2D eigenvalue weighted by atomic mass is 19.1. The average molecular weight is 462 g/mol. The Morgan fingerprint density at radius 2 is 1.57 bits per heavy atom. The van der Waals surface area contributed by atoms with Gasteiger partial charge in [0.1, 0.15) is 5.82 Å². The first-order chi connectivity index (χ1) is 17.0. The standard InChI is InChI=1S/C28H19FN4O2/c1-17-6-7-20(15-30-17)26-16-31-24-13-10-19(14-25(24)33-26)27(34)18-8-11-21(12-9-18)32-28(35)22-4-2-3-5-23(22)29/h2-16H,1H3,(H,32,35). The second-order valence-electron chi connectivity index (χ2n) is 7.99. The van der Waals surface area contributed by atoms with Crippen molar-refractivity contribution in [1.82, 2.24) is 15.0 Å². The Balaban J connectivity index is 1.37. The number of ketones is 1. The van der Waals surface area contributed by atoms with Gasteiger partial charge in [-0.05, 0) is 73.7 Å². The molecule has 1 amide bonds. The number of hydrogen-bond acceptors (Lipinski definition) is 5. The van der Waals surface area contributed by atoms with Crippen LogP contribution < -0.4 is 5.32 Å². The Hall–Kier alpha value is -4.78. The third-order valence-corrected chi connectivity index (χ3v) is 5.53. The fourth-order valence-electron chi connectivity index (χ4n) is 3.63. The van der Waals surface area contributed by atoms with E-state index < -0.39 is 11.7 Å². The quantitative estimate of drug-likeness (QED) is 0.343. The maximum absolute atomic E-state index is 13.8. The molecule has 0 bridgehead atoms. The molecular formula is C28H19FN4O2. The van der Waals surface area contributed by atoms with E-state index in [0.717, 1.165) is 11.3 Å². The first-order valence-electron chi connectivity index (χ1n) is 10.9. The number of halogens is 1. The lowest BCUT2D eigenvalue weighted by molar-refractivity contribution is 0.102. The van der Waals surface area contributed by atoms with Crippen molar-refractivity contribution in [3.05, 3.63) is 119 Å². The second kappa shape index (κ2) is 9.23. The number of nitrogens with zero attached hydrogens (tertiary/aromatic N) is 3. The molecule has 0 aliphatic carbocycles. The predicted octanol–water partition coefficient (Wildman–Crippen LogP) is 5.62. The molecular weight excluding hydrogens is 443 g/mol. The highest BCUT2D eigenvalue weighted by molar-refractivity contribution is 6.11. The molecule has 170 valence electrons. The number of fused-ring (bicyclic) bond motifs is 1. The number of aromatic nitrogens is 3. The van der Waals surface area contributed by atoms with Crippen molar-refractivity contribution in [2.75, 3.05) is 5.32 Å². The van der Waals surface area contributed by atoms with Gasteiger partial charge >= 0.3 is 0 Å². The molecule has 2 aromatic heterocycles. The fourth-order valence-corrected chi connectivity index (χ4v) is 3.63. The SMILES string of the molecule is Cc1ccc(-c2cnc3ccc(C(=O)c4ccc(NC(=O)c5ccccc5F)cc4)cc3n2)cn1. The third kappa shape index (κ3) is 4.65. The Bertz CT molecular complexity index is 1570. The lowest BCUT2D eigenvalue weighted by Gasteiger charge is -2.08. The van der Waals surface area contributed by atoms with Crippen LogP contribution in [0.2, 0.25) is 0 Å². The number of hydrogen-bond donors (Lipinski definition) is 1. The van der Waals surface area contributed by atoms with Crippen LogP contribution in [0.4, 0.5) is 10.1 Å². The molecule has 7 heteroatoms. The minimum absolute atomic E-state index is 0.0503. The number of amides is 1. The van der Waals surface area contributed by atoms with E-state index in [2.05, 4.69) is 20.3 Å². The van der Waals surface area contributed by atoms with Crippen molar-refractivity contribution in [2.45, 2.75) is 6.92 Å². The van der Waals surface area contributed by atoms with E-state index in [4.69, 9.17) is 0 Å². The molecule has 0 saturated carbocycles. The topological polar surface area (TPSA) is 84.8 Å². The molecule has 35 heavy (non-hydrogen) atoms. The molecule has 0 radical (unpaired) electrons. The summed E-state index contributed by atoms with van der Waals surface area (Å²) < 4.78 is 13.8. The van der Waals surface area contributed by atoms with Crippen LogP contribution in [0.1, 0.15) is 32.0 Å². The van der Waals surface area contributed by atoms with Crippen molar-refractivity contribution in [2.24, 2.45) is 0 Å². The van der Waals surface area contributed by atoms with Crippen LogP contribution in [0.5, 0.6) is 0 Å². The number of carbonyl (C=O) groups is 2. The Labute approximate surface area is 200 Å². The molecule has 0 saturated heterocycles. The summed E-state index contributed by atoms with van der Waals surface area (Å²) in [6.07, 6.45) is 3.43. The number of pyridine rings is 1. The number of aryl methyl sites for hydroxylation is 1. The summed E-state index contributed by atoms with van der Waals surface area (Å²) in [4.78, 5) is 38.8. The summed E-state index contributed by atoms with van der Waals surface area (Å²) in [5.41, 5.74) is 5.02. The zero-order chi connectivity index (χ0) is 24.4. The molecule has 0 unspecified atom stereocenters. The Morgan fingerprint density at radius 1 is 0.800 bits per heavy atom. The van der Waals surface area contributed by atoms with Gasteiger partial charge in [0.2, 0.25) is 0 Å². The van der Waals surface area contributed by atoms with Crippen molar-refractivity contribution in [3.8, 4) is 11.3 Å². The normalized spacial score (nSPS) is 10.8. The van der Waals surface area contributed by atoms with Crippen molar-refractivity contribution < 1.29 is 14.0 Å². The fraction of sp³-hybridized carbons (Fsp3) is 0.0357. The van der Waals surface area contributed by atoms with Crippen LogP contribution >= 0.6 is 0 Å². The number of anilines is 1. The van der Waals surface area contributed by atoms with E-state index in [1.54, 1.807) is 60.9 Å². The Morgan fingerprint density at radius 3 is 2.31 bits per heavy atom. The molecule has 0 aliphatic rings. The van der Waals surface area contributed by atoms with E-state index in [0.29, 0.717) is 33.5 Å². The van der Waals surface area contributed by atoms with Crippen molar-refractivity contribution in [1.29, 1.82) is 0 Å². The minimum Gasteiger partial charge on any atom is -0.322 e. The van der Waals surface area contributed by atoms with Gasteiger partial charge in [-0.15, -0.1) is 0 Å². The van der Waals surface area contributed by atoms with Gasteiger partial charge in [-0.25, -0.2) is 9.37 Å². The smallest absolute Gasteiger partial charge is 0.258 e. The molecule has 0 spiro atoms. The van der Waals surface area contributed by atoms with Crippen LogP contribution in [0.15, 0.2) is 91.3 Å². The average Bonchev–Trinajstić information content (AvgIpc) is 2.88. The lowest BCUT2D eigenvalue weighted by Crippen LogP contribution is -2.13. The molecule has 2 heterocycles. The molecule has 1 N–H and O–H groups in total. The molecule has 6 nitrogen and oxygen atoms in total. The van der Waals surface area contributed by atoms with Crippen LogP contribution in [0, 0.1) is 12.7 Å². The summed E-state index contributed by atoms with van der Waals surface area (Å²) in [6, 6.07) is 21.2. The minimum atomic E-state index is -0.599. The van der Waals surface area contributed by atoms with E-state index in [1.165, 1.54) is 18.2 Å². The van der Waals surface area contributed by atoms with Crippen molar-refractivity contribution in [3.63, 3.8) is 0 Å². The second-order valence-corrected chi connectivity index (χ2v) is 7.99. The highest BCUT2D eigenvalue weighted by Gasteiger charge is 2.14. The van der Waals surface area contributed by atoms with E-state index >= 15 is 0 Å². The Kier molecular flexibility index (Phi) is 5.81. The summed E-state index contributed by atoms with van der Waals surface area (Å²) in [5, 5.41) is 2.64. The molecule has 0 atom stereocenters. The zero-order valence-electron chi connectivity index (χ0n) is 18.7. The zero-order valence-corrected chi connectivity index (χ0v) is 18.7. The van der Waals surface area contributed by atoms with Gasteiger partial charge in [0, 0.05) is 34.3 Å². The van der Waals surface area contributed by atoms with Crippen LogP contribution in [0.25, 0.3) is 22.3 Å². The van der Waals surface area contributed by atoms with Crippen LogP contribution in [0.3, 0.4) is 0 Å². The van der Waals surface area contributed by atoms with Gasteiger partial charge in [0.05, 0.1) is 28.5 Å². The molecule has 0 aliphatic heterocycles. The molecule has 0 fully saturated rings. The number of benzene rings is 3.